The van der Waals surface area contributed by atoms with Crippen molar-refractivity contribution < 1.29 is 13.6 Å². The Morgan fingerprint density at radius 2 is 1.94 bits per heavy atom. The average Bonchev–Trinajstić information content (AvgIpc) is 2.30. The first kappa shape index (κ1) is 13.6. The number of carbonyl (C=O) groups excluding carboxylic acids is 1. The summed E-state index contributed by atoms with van der Waals surface area (Å²) >= 11 is 0. The van der Waals surface area contributed by atoms with Gasteiger partial charge in [0.1, 0.15) is 0 Å². The number of nitrogens with two attached hydrogens (primary N) is 1. The van der Waals surface area contributed by atoms with Crippen molar-refractivity contribution in [3.8, 4) is 0 Å². The highest BCUT2D eigenvalue weighted by molar-refractivity contribution is 5.94. The Morgan fingerprint density at radius 1 is 1.35 bits per heavy atom. The summed E-state index contributed by atoms with van der Waals surface area (Å²) in [6.07, 6.45) is 0. The highest BCUT2D eigenvalue weighted by atomic mass is 19.2. The largest absolute Gasteiger partial charge is 0.335 e. The van der Waals surface area contributed by atoms with Crippen LogP contribution in [0.5, 0.6) is 0 Å². The lowest BCUT2D eigenvalue weighted by atomic mass is 10.0. The number of nitrogens with zero attached hydrogens (tertiary/aromatic N) is 1. The van der Waals surface area contributed by atoms with Crippen LogP contribution in [-0.2, 0) is 0 Å². The number of amides is 1. The molecule has 0 atom stereocenters. The molecule has 0 radical (unpaired) electrons. The number of carbonyl (C=O) groups is 1. The van der Waals surface area contributed by atoms with Gasteiger partial charge in [-0.3, -0.25) is 4.79 Å². The summed E-state index contributed by atoms with van der Waals surface area (Å²) in [6.45, 7) is 3.87. The fourth-order valence-corrected chi connectivity index (χ4v) is 1.23. The number of hydrogen-bond acceptors (Lipinski definition) is 2. The summed E-state index contributed by atoms with van der Waals surface area (Å²) in [7, 11) is 1.58. The van der Waals surface area contributed by atoms with Gasteiger partial charge in [-0.1, -0.05) is 0 Å². The number of rotatable bonds is 3. The van der Waals surface area contributed by atoms with Gasteiger partial charge in [0.15, 0.2) is 11.6 Å². The molecular weight excluding hydrogens is 226 g/mol. The Kier molecular flexibility index (Phi) is 3.83. The second-order valence-electron chi connectivity index (χ2n) is 4.51. The molecule has 0 bridgehead atoms. The van der Waals surface area contributed by atoms with E-state index >= 15 is 0 Å². The molecule has 0 aromatic heterocycles. The molecule has 2 N–H and O–H groups in total. The molecule has 3 nitrogen and oxygen atoms in total. The predicted octanol–water partition coefficient (Wildman–Crippen LogP) is 1.77. The van der Waals surface area contributed by atoms with Crippen molar-refractivity contribution in [2.45, 2.75) is 19.4 Å². The molecule has 0 aliphatic heterocycles. The molecular formula is C12H16F2N2O. The van der Waals surface area contributed by atoms with E-state index in [2.05, 4.69) is 0 Å². The fraction of sp³-hybridized carbons (Fsp3) is 0.417. The van der Waals surface area contributed by atoms with Crippen LogP contribution >= 0.6 is 0 Å². The summed E-state index contributed by atoms with van der Waals surface area (Å²) in [4.78, 5) is 13.4. The minimum atomic E-state index is -1.03. The van der Waals surface area contributed by atoms with E-state index < -0.39 is 17.2 Å². The summed E-state index contributed by atoms with van der Waals surface area (Å²) in [5.41, 5.74) is 5.11. The van der Waals surface area contributed by atoms with Gasteiger partial charge in [-0.25, -0.2) is 8.78 Å². The summed E-state index contributed by atoms with van der Waals surface area (Å²) in [5, 5.41) is 0. The van der Waals surface area contributed by atoms with Crippen molar-refractivity contribution >= 4 is 5.91 Å². The summed E-state index contributed by atoms with van der Waals surface area (Å²) < 4.78 is 25.8. The summed E-state index contributed by atoms with van der Waals surface area (Å²) in [5.74, 6) is -2.39. The van der Waals surface area contributed by atoms with Gasteiger partial charge in [-0.15, -0.1) is 0 Å². The van der Waals surface area contributed by atoms with Crippen LogP contribution in [0.2, 0.25) is 0 Å². The predicted molar refractivity (Wildman–Crippen MR) is 61.6 cm³/mol. The van der Waals surface area contributed by atoms with E-state index in [1.165, 1.54) is 11.0 Å². The Morgan fingerprint density at radius 3 is 2.41 bits per heavy atom. The van der Waals surface area contributed by atoms with E-state index in [9.17, 15) is 13.6 Å². The molecule has 0 unspecified atom stereocenters. The number of hydrogen-bond donors (Lipinski definition) is 1. The Hall–Kier alpha value is -1.49. The lowest BCUT2D eigenvalue weighted by Gasteiger charge is -2.34. The Balaban J connectivity index is 3.01. The van der Waals surface area contributed by atoms with Crippen LogP contribution in [0, 0.1) is 11.6 Å². The molecule has 1 aromatic rings. The maximum Gasteiger partial charge on any atom is 0.254 e. The topological polar surface area (TPSA) is 46.3 Å². The van der Waals surface area contributed by atoms with Crippen molar-refractivity contribution in [3.05, 3.63) is 35.4 Å². The number of halogens is 2. The van der Waals surface area contributed by atoms with Crippen molar-refractivity contribution in [2.75, 3.05) is 13.6 Å². The van der Waals surface area contributed by atoms with E-state index in [1.807, 2.05) is 0 Å². The van der Waals surface area contributed by atoms with Gasteiger partial charge < -0.3 is 10.6 Å². The quantitative estimate of drug-likeness (QED) is 0.878. The third-order valence-corrected chi connectivity index (χ3v) is 2.88. The normalized spacial score (nSPS) is 11.4. The van der Waals surface area contributed by atoms with Crippen molar-refractivity contribution in [1.29, 1.82) is 0 Å². The van der Waals surface area contributed by atoms with Gasteiger partial charge in [-0.2, -0.15) is 0 Å². The second kappa shape index (κ2) is 4.79. The lowest BCUT2D eigenvalue weighted by molar-refractivity contribution is 0.0639. The first-order valence-corrected chi connectivity index (χ1v) is 5.23. The van der Waals surface area contributed by atoms with E-state index in [1.54, 1.807) is 20.9 Å². The van der Waals surface area contributed by atoms with Crippen molar-refractivity contribution in [2.24, 2.45) is 5.73 Å². The minimum Gasteiger partial charge on any atom is -0.335 e. The summed E-state index contributed by atoms with van der Waals surface area (Å²) in [6, 6.07) is 3.08. The molecule has 94 valence electrons. The van der Waals surface area contributed by atoms with Gasteiger partial charge >= 0.3 is 0 Å². The van der Waals surface area contributed by atoms with Crippen LogP contribution in [0.1, 0.15) is 24.2 Å². The molecule has 1 aromatic carbocycles. The molecule has 0 heterocycles. The SMILES string of the molecule is CN(C(=O)c1ccc(F)c(F)c1)C(C)(C)CN. The van der Waals surface area contributed by atoms with Gasteiger partial charge in [0.25, 0.3) is 5.91 Å². The second-order valence-corrected chi connectivity index (χ2v) is 4.51. The minimum absolute atomic E-state index is 0.105. The number of benzene rings is 1. The van der Waals surface area contributed by atoms with Crippen LogP contribution in [0.15, 0.2) is 18.2 Å². The van der Waals surface area contributed by atoms with E-state index in [0.717, 1.165) is 12.1 Å². The zero-order chi connectivity index (χ0) is 13.2. The fourth-order valence-electron chi connectivity index (χ4n) is 1.23. The zero-order valence-corrected chi connectivity index (χ0v) is 10.1. The maximum absolute atomic E-state index is 13.0. The van der Waals surface area contributed by atoms with Crippen molar-refractivity contribution in [3.63, 3.8) is 0 Å². The third kappa shape index (κ3) is 2.79. The highest BCUT2D eigenvalue weighted by Crippen LogP contribution is 2.16. The third-order valence-electron chi connectivity index (χ3n) is 2.88. The van der Waals surface area contributed by atoms with Gasteiger partial charge in [-0.05, 0) is 32.0 Å². The Bertz CT molecular complexity index is 433. The lowest BCUT2D eigenvalue weighted by Crippen LogP contribution is -2.50. The first-order chi connectivity index (χ1) is 7.79. The average molecular weight is 242 g/mol. The standard InChI is InChI=1S/C12H16F2N2O/c1-12(2,7-15)16(3)11(17)8-4-5-9(13)10(14)6-8/h4-6H,7,15H2,1-3H3. The van der Waals surface area contributed by atoms with Crippen LogP contribution in [0.3, 0.4) is 0 Å². The number of likely N-dealkylation sites (N-methyl/N-ethyl adjacent to an activating group) is 1. The molecule has 17 heavy (non-hydrogen) atoms. The molecule has 1 rings (SSSR count). The van der Waals surface area contributed by atoms with Crippen LogP contribution < -0.4 is 5.73 Å². The molecule has 0 saturated carbocycles. The van der Waals surface area contributed by atoms with Crippen LogP contribution in [-0.4, -0.2) is 29.9 Å². The molecule has 0 aliphatic carbocycles. The van der Waals surface area contributed by atoms with Crippen LogP contribution in [0.4, 0.5) is 8.78 Å². The van der Waals surface area contributed by atoms with E-state index in [4.69, 9.17) is 5.73 Å². The van der Waals surface area contributed by atoms with Gasteiger partial charge in [0.05, 0.1) is 0 Å². The Labute approximate surface area is 99.2 Å². The smallest absolute Gasteiger partial charge is 0.254 e. The molecule has 0 aliphatic rings. The molecule has 1 amide bonds. The maximum atomic E-state index is 13.0. The molecule has 0 saturated heterocycles. The van der Waals surface area contributed by atoms with Crippen LogP contribution in [0.25, 0.3) is 0 Å². The highest BCUT2D eigenvalue weighted by Gasteiger charge is 2.27. The molecule has 5 heteroatoms. The van der Waals surface area contributed by atoms with E-state index in [-0.39, 0.29) is 18.0 Å². The van der Waals surface area contributed by atoms with Crippen molar-refractivity contribution in [1.82, 2.24) is 4.90 Å². The first-order valence-electron chi connectivity index (χ1n) is 5.23. The van der Waals surface area contributed by atoms with Gasteiger partial charge in [0, 0.05) is 24.7 Å². The molecule has 0 fully saturated rings. The monoisotopic (exact) mass is 242 g/mol. The zero-order valence-electron chi connectivity index (χ0n) is 10.1. The molecule has 0 spiro atoms. The van der Waals surface area contributed by atoms with E-state index in [0.29, 0.717) is 0 Å². The van der Waals surface area contributed by atoms with Gasteiger partial charge in [0.2, 0.25) is 0 Å².